The van der Waals surface area contributed by atoms with Gasteiger partial charge in [0, 0.05) is 34.5 Å². The molecule has 1 atom stereocenters. The Kier molecular flexibility index (Phi) is 5.98. The number of aryl methyl sites for hydroxylation is 1. The van der Waals surface area contributed by atoms with Crippen LogP contribution in [-0.4, -0.2) is 39.0 Å². The first-order valence-electron chi connectivity index (χ1n) is 11.2. The number of carbonyl (C=O) groups is 2. The van der Waals surface area contributed by atoms with Gasteiger partial charge in [-0.2, -0.15) is 0 Å². The molecular formula is C26H24N4O3S. The number of thiophene rings is 1. The molecular weight excluding hydrogens is 448 g/mol. The lowest BCUT2D eigenvalue weighted by atomic mass is 9.97. The van der Waals surface area contributed by atoms with Crippen LogP contribution < -0.4 is 10.6 Å². The molecule has 1 fully saturated rings. The third kappa shape index (κ3) is 4.92. The number of carbonyl (C=O) groups excluding carboxylic acids is 1. The molecule has 1 amide bonds. The van der Waals surface area contributed by atoms with Gasteiger partial charge in [-0.1, -0.05) is 18.2 Å². The number of aromatic nitrogens is 2. The molecule has 0 radical (unpaired) electrons. The second-order valence-corrected chi connectivity index (χ2v) is 9.60. The van der Waals surface area contributed by atoms with Gasteiger partial charge in [-0.05, 0) is 72.2 Å². The number of aliphatic carboxylic acids is 1. The Morgan fingerprint density at radius 3 is 2.76 bits per heavy atom. The number of hydrogen-bond acceptors (Lipinski definition) is 6. The summed E-state index contributed by atoms with van der Waals surface area (Å²) in [7, 11) is 0. The van der Waals surface area contributed by atoms with Crippen molar-refractivity contribution in [3.63, 3.8) is 0 Å². The second kappa shape index (κ2) is 9.23. The minimum absolute atomic E-state index is 0.0425. The van der Waals surface area contributed by atoms with Crippen LogP contribution >= 0.6 is 11.3 Å². The molecule has 5 rings (SSSR count). The van der Waals surface area contributed by atoms with Crippen molar-refractivity contribution in [1.82, 2.24) is 15.3 Å². The molecule has 2 aromatic heterocycles. The monoisotopic (exact) mass is 472 g/mol. The highest BCUT2D eigenvalue weighted by atomic mass is 32.1. The zero-order valence-electron chi connectivity index (χ0n) is 18.6. The number of hydrogen-bond donors (Lipinski definition) is 3. The van der Waals surface area contributed by atoms with Crippen molar-refractivity contribution in [2.75, 3.05) is 5.32 Å². The van der Waals surface area contributed by atoms with Crippen LogP contribution in [0.4, 0.5) is 5.95 Å². The highest BCUT2D eigenvalue weighted by molar-refractivity contribution is 7.09. The smallest absolute Gasteiger partial charge is 0.326 e. The van der Waals surface area contributed by atoms with E-state index in [2.05, 4.69) is 20.6 Å². The standard InChI is InChI=1S/C26H24N4O3S/c1-15-4-5-17(24(31)28-19-7-8-19)12-21(15)16-6-9-22-18(11-16)14-27-26(29-22)30-23(25(32)33)13-20-3-2-10-34-20/h2-6,9-12,14,19,23H,7-8,13H2,1H3,(H,28,31)(H,32,33)(H,27,29,30)/t23-/m0/s1. The van der Waals surface area contributed by atoms with E-state index < -0.39 is 12.0 Å². The highest BCUT2D eigenvalue weighted by Gasteiger charge is 2.24. The fourth-order valence-corrected chi connectivity index (χ4v) is 4.58. The average molecular weight is 473 g/mol. The number of anilines is 1. The van der Waals surface area contributed by atoms with Crippen LogP contribution in [0.2, 0.25) is 0 Å². The second-order valence-electron chi connectivity index (χ2n) is 8.56. The number of rotatable bonds is 8. The van der Waals surface area contributed by atoms with Crippen LogP contribution in [0, 0.1) is 6.92 Å². The van der Waals surface area contributed by atoms with Gasteiger partial charge < -0.3 is 15.7 Å². The van der Waals surface area contributed by atoms with Gasteiger partial charge in [0.25, 0.3) is 5.91 Å². The van der Waals surface area contributed by atoms with E-state index in [1.54, 1.807) is 6.20 Å². The van der Waals surface area contributed by atoms with Gasteiger partial charge in [0.05, 0.1) is 5.52 Å². The Bertz CT molecular complexity index is 1370. The maximum absolute atomic E-state index is 12.5. The van der Waals surface area contributed by atoms with E-state index in [4.69, 9.17) is 0 Å². The van der Waals surface area contributed by atoms with Gasteiger partial charge >= 0.3 is 5.97 Å². The first kappa shape index (κ1) is 22.0. The van der Waals surface area contributed by atoms with E-state index in [1.165, 1.54) is 11.3 Å². The minimum atomic E-state index is -0.950. The lowest BCUT2D eigenvalue weighted by molar-refractivity contribution is -0.137. The number of nitrogens with one attached hydrogen (secondary N) is 2. The lowest BCUT2D eigenvalue weighted by Gasteiger charge is -2.14. The topological polar surface area (TPSA) is 104 Å². The van der Waals surface area contributed by atoms with Crippen molar-refractivity contribution in [2.45, 2.75) is 38.3 Å². The molecule has 172 valence electrons. The third-order valence-electron chi connectivity index (χ3n) is 5.89. The van der Waals surface area contributed by atoms with Crippen molar-refractivity contribution in [3.8, 4) is 11.1 Å². The highest BCUT2D eigenvalue weighted by Crippen LogP contribution is 2.28. The summed E-state index contributed by atoms with van der Waals surface area (Å²) < 4.78 is 0. The molecule has 3 N–H and O–H groups in total. The molecule has 0 bridgehead atoms. The SMILES string of the molecule is Cc1ccc(C(=O)NC2CC2)cc1-c1ccc2nc(N[C@@H](Cc3cccs3)C(=O)O)ncc2c1. The molecule has 1 aliphatic carbocycles. The molecule has 0 aliphatic heterocycles. The summed E-state index contributed by atoms with van der Waals surface area (Å²) in [6, 6.07) is 14.9. The maximum atomic E-state index is 12.5. The fourth-order valence-electron chi connectivity index (χ4n) is 3.83. The van der Waals surface area contributed by atoms with Crippen LogP contribution in [0.5, 0.6) is 0 Å². The molecule has 4 aromatic rings. The van der Waals surface area contributed by atoms with Crippen molar-refractivity contribution >= 4 is 40.1 Å². The molecule has 0 spiro atoms. The first-order chi connectivity index (χ1) is 16.5. The van der Waals surface area contributed by atoms with E-state index >= 15 is 0 Å². The van der Waals surface area contributed by atoms with Crippen molar-refractivity contribution in [2.24, 2.45) is 0 Å². The van der Waals surface area contributed by atoms with E-state index in [9.17, 15) is 14.7 Å². The maximum Gasteiger partial charge on any atom is 0.326 e. The summed E-state index contributed by atoms with van der Waals surface area (Å²) in [4.78, 5) is 34.1. The normalized spacial score (nSPS) is 14.0. The Hall–Kier alpha value is -3.78. The summed E-state index contributed by atoms with van der Waals surface area (Å²) in [5.74, 6) is -0.716. The Morgan fingerprint density at radius 2 is 2.03 bits per heavy atom. The molecule has 2 aromatic carbocycles. The molecule has 0 unspecified atom stereocenters. The van der Waals surface area contributed by atoms with Crippen molar-refractivity contribution in [1.29, 1.82) is 0 Å². The summed E-state index contributed by atoms with van der Waals surface area (Å²) in [5.41, 5.74) is 4.38. The predicted octanol–water partition coefficient (Wildman–Crippen LogP) is 4.67. The average Bonchev–Trinajstić information content (AvgIpc) is 3.49. The fraction of sp³-hybridized carbons (Fsp3) is 0.231. The van der Waals surface area contributed by atoms with Crippen molar-refractivity contribution < 1.29 is 14.7 Å². The summed E-state index contributed by atoms with van der Waals surface area (Å²) in [6.07, 6.45) is 4.15. The summed E-state index contributed by atoms with van der Waals surface area (Å²) in [6.45, 7) is 2.02. The third-order valence-corrected chi connectivity index (χ3v) is 6.79. The zero-order valence-corrected chi connectivity index (χ0v) is 19.4. The number of nitrogens with zero attached hydrogens (tertiary/aromatic N) is 2. The van der Waals surface area contributed by atoms with Crippen LogP contribution in [0.25, 0.3) is 22.0 Å². The van der Waals surface area contributed by atoms with Gasteiger partial charge in [-0.25, -0.2) is 14.8 Å². The lowest BCUT2D eigenvalue weighted by Crippen LogP contribution is -2.32. The van der Waals surface area contributed by atoms with Gasteiger partial charge in [-0.15, -0.1) is 11.3 Å². The quantitative estimate of drug-likeness (QED) is 0.344. The molecule has 0 saturated heterocycles. The van der Waals surface area contributed by atoms with Crippen LogP contribution in [-0.2, 0) is 11.2 Å². The zero-order chi connectivity index (χ0) is 23.7. The van der Waals surface area contributed by atoms with Gasteiger partial charge in [-0.3, -0.25) is 4.79 Å². The first-order valence-corrected chi connectivity index (χ1v) is 12.0. The van der Waals surface area contributed by atoms with Crippen LogP contribution in [0.3, 0.4) is 0 Å². The number of amides is 1. The Morgan fingerprint density at radius 1 is 1.18 bits per heavy atom. The largest absolute Gasteiger partial charge is 0.480 e. The van der Waals surface area contributed by atoms with Gasteiger partial charge in [0.1, 0.15) is 6.04 Å². The molecule has 2 heterocycles. The van der Waals surface area contributed by atoms with E-state index in [-0.39, 0.29) is 11.9 Å². The van der Waals surface area contributed by atoms with E-state index in [0.29, 0.717) is 23.5 Å². The van der Waals surface area contributed by atoms with Gasteiger partial charge in [0.2, 0.25) is 5.95 Å². The molecule has 34 heavy (non-hydrogen) atoms. The Balaban J connectivity index is 1.39. The Labute approximate surface area is 200 Å². The summed E-state index contributed by atoms with van der Waals surface area (Å²) in [5, 5.41) is 18.3. The predicted molar refractivity (Wildman–Crippen MR) is 133 cm³/mol. The molecule has 8 heteroatoms. The summed E-state index contributed by atoms with van der Waals surface area (Å²) >= 11 is 1.52. The van der Waals surface area contributed by atoms with Crippen LogP contribution in [0.15, 0.2) is 60.1 Å². The number of fused-ring (bicyclic) bond motifs is 1. The van der Waals surface area contributed by atoms with E-state index in [1.807, 2.05) is 60.8 Å². The van der Waals surface area contributed by atoms with Crippen molar-refractivity contribution in [3.05, 3.63) is 76.1 Å². The van der Waals surface area contributed by atoms with E-state index in [0.717, 1.165) is 39.8 Å². The number of benzene rings is 2. The minimum Gasteiger partial charge on any atom is -0.480 e. The van der Waals surface area contributed by atoms with Crippen LogP contribution in [0.1, 0.15) is 33.6 Å². The number of carboxylic acids is 1. The number of carboxylic acid groups (broad SMARTS) is 1. The van der Waals surface area contributed by atoms with Gasteiger partial charge in [0.15, 0.2) is 0 Å². The molecule has 1 aliphatic rings. The molecule has 7 nitrogen and oxygen atoms in total. The molecule has 1 saturated carbocycles.